The standard InChI is InChI=1S/C14H15N3O4/c1-9(13(18)17-6-5-16-14(17)19)21-11-4-3-10(8-15)7-12(11)20-2/h3-4,7,9H,5-6H2,1-2H3,(H,16,19). The number of imide groups is 1. The van der Waals surface area contributed by atoms with Gasteiger partial charge in [-0.25, -0.2) is 4.79 Å². The maximum Gasteiger partial charge on any atom is 0.324 e. The van der Waals surface area contributed by atoms with Crippen molar-refractivity contribution in [3.05, 3.63) is 23.8 Å². The second-order valence-corrected chi connectivity index (χ2v) is 4.46. The minimum atomic E-state index is -0.837. The van der Waals surface area contributed by atoms with Crippen LogP contribution in [0.15, 0.2) is 18.2 Å². The molecule has 1 heterocycles. The molecule has 1 saturated heterocycles. The van der Waals surface area contributed by atoms with Gasteiger partial charge in [-0.05, 0) is 19.1 Å². The van der Waals surface area contributed by atoms with E-state index in [4.69, 9.17) is 14.7 Å². The first kappa shape index (κ1) is 14.7. The third-order valence-corrected chi connectivity index (χ3v) is 3.07. The van der Waals surface area contributed by atoms with E-state index in [-0.39, 0.29) is 0 Å². The van der Waals surface area contributed by atoms with Crippen LogP contribution < -0.4 is 14.8 Å². The number of nitrogens with one attached hydrogen (secondary N) is 1. The number of nitriles is 1. The molecule has 7 heteroatoms. The fraction of sp³-hybridized carbons (Fsp3) is 0.357. The van der Waals surface area contributed by atoms with Gasteiger partial charge in [-0.1, -0.05) is 0 Å². The highest BCUT2D eigenvalue weighted by atomic mass is 16.5. The molecule has 1 aromatic carbocycles. The highest BCUT2D eigenvalue weighted by Gasteiger charge is 2.31. The highest BCUT2D eigenvalue weighted by Crippen LogP contribution is 2.29. The van der Waals surface area contributed by atoms with Crippen molar-refractivity contribution in [3.63, 3.8) is 0 Å². The Bertz CT molecular complexity index is 609. The summed E-state index contributed by atoms with van der Waals surface area (Å²) in [5.41, 5.74) is 0.428. The Morgan fingerprint density at radius 3 is 2.81 bits per heavy atom. The Balaban J connectivity index is 2.12. The number of urea groups is 1. The Labute approximate surface area is 122 Å². The van der Waals surface area contributed by atoms with Crippen molar-refractivity contribution >= 4 is 11.9 Å². The molecular formula is C14H15N3O4. The molecule has 1 aromatic rings. The number of benzene rings is 1. The van der Waals surface area contributed by atoms with E-state index in [1.54, 1.807) is 19.1 Å². The summed E-state index contributed by atoms with van der Waals surface area (Å²) in [6.45, 7) is 2.33. The number of carbonyl (C=O) groups excluding carboxylic acids is 2. The van der Waals surface area contributed by atoms with E-state index in [0.717, 1.165) is 4.90 Å². The van der Waals surface area contributed by atoms with E-state index in [2.05, 4.69) is 5.32 Å². The van der Waals surface area contributed by atoms with Crippen LogP contribution in [0, 0.1) is 11.3 Å². The molecule has 3 amide bonds. The Kier molecular flexibility index (Phi) is 4.28. The van der Waals surface area contributed by atoms with Crippen LogP contribution in [0.1, 0.15) is 12.5 Å². The van der Waals surface area contributed by atoms with Crippen molar-refractivity contribution in [2.45, 2.75) is 13.0 Å². The first-order chi connectivity index (χ1) is 10.1. The molecule has 7 nitrogen and oxygen atoms in total. The normalized spacial score (nSPS) is 15.1. The lowest BCUT2D eigenvalue weighted by atomic mass is 10.2. The van der Waals surface area contributed by atoms with Gasteiger partial charge in [-0.2, -0.15) is 5.26 Å². The summed E-state index contributed by atoms with van der Waals surface area (Å²) >= 11 is 0. The van der Waals surface area contributed by atoms with E-state index < -0.39 is 18.0 Å². The minimum Gasteiger partial charge on any atom is -0.493 e. The monoisotopic (exact) mass is 289 g/mol. The fourth-order valence-corrected chi connectivity index (χ4v) is 1.98. The molecule has 0 saturated carbocycles. The van der Waals surface area contributed by atoms with Gasteiger partial charge in [0.25, 0.3) is 5.91 Å². The lowest BCUT2D eigenvalue weighted by Crippen LogP contribution is -2.42. The average Bonchev–Trinajstić information content (AvgIpc) is 2.92. The second-order valence-electron chi connectivity index (χ2n) is 4.46. The van der Waals surface area contributed by atoms with E-state index in [1.165, 1.54) is 13.2 Å². The molecule has 1 N–H and O–H groups in total. The lowest BCUT2D eigenvalue weighted by molar-refractivity contribution is -0.134. The molecule has 21 heavy (non-hydrogen) atoms. The minimum absolute atomic E-state index is 0.329. The van der Waals surface area contributed by atoms with Gasteiger partial charge < -0.3 is 14.8 Å². The highest BCUT2D eigenvalue weighted by molar-refractivity contribution is 5.97. The van der Waals surface area contributed by atoms with Gasteiger partial charge in [-0.3, -0.25) is 9.69 Å². The summed E-state index contributed by atoms with van der Waals surface area (Å²) in [4.78, 5) is 24.7. The van der Waals surface area contributed by atoms with E-state index >= 15 is 0 Å². The molecule has 0 bridgehead atoms. The van der Waals surface area contributed by atoms with Gasteiger partial charge in [0.1, 0.15) is 0 Å². The van der Waals surface area contributed by atoms with Crippen LogP contribution in [0.5, 0.6) is 11.5 Å². The Morgan fingerprint density at radius 2 is 2.24 bits per heavy atom. The Hall–Kier alpha value is -2.75. The number of hydrogen-bond acceptors (Lipinski definition) is 5. The van der Waals surface area contributed by atoms with Crippen molar-refractivity contribution in [2.24, 2.45) is 0 Å². The van der Waals surface area contributed by atoms with Gasteiger partial charge in [0.15, 0.2) is 17.6 Å². The molecule has 1 unspecified atom stereocenters. The predicted octanol–water partition coefficient (Wildman–Crippen LogP) is 0.886. The molecule has 1 atom stereocenters. The van der Waals surface area contributed by atoms with Crippen LogP contribution in [-0.4, -0.2) is 43.1 Å². The predicted molar refractivity (Wildman–Crippen MR) is 72.9 cm³/mol. The van der Waals surface area contributed by atoms with E-state index in [0.29, 0.717) is 30.2 Å². The zero-order chi connectivity index (χ0) is 15.4. The van der Waals surface area contributed by atoms with Crippen LogP contribution in [0.2, 0.25) is 0 Å². The largest absolute Gasteiger partial charge is 0.493 e. The quantitative estimate of drug-likeness (QED) is 0.888. The molecule has 0 radical (unpaired) electrons. The van der Waals surface area contributed by atoms with Crippen LogP contribution in [0.25, 0.3) is 0 Å². The molecule has 2 rings (SSSR count). The second kappa shape index (κ2) is 6.13. The maximum atomic E-state index is 12.1. The number of hydrogen-bond donors (Lipinski definition) is 1. The first-order valence-corrected chi connectivity index (χ1v) is 6.41. The summed E-state index contributed by atoms with van der Waals surface area (Å²) in [7, 11) is 1.45. The maximum absolute atomic E-state index is 12.1. The summed E-state index contributed by atoms with van der Waals surface area (Å²) in [5, 5.41) is 11.4. The number of amides is 3. The number of carbonyl (C=O) groups is 2. The SMILES string of the molecule is COc1cc(C#N)ccc1OC(C)C(=O)N1CCNC1=O. The van der Waals surface area contributed by atoms with Gasteiger partial charge >= 0.3 is 6.03 Å². The van der Waals surface area contributed by atoms with Crippen LogP contribution in [-0.2, 0) is 4.79 Å². The molecule has 110 valence electrons. The topological polar surface area (TPSA) is 91.7 Å². The first-order valence-electron chi connectivity index (χ1n) is 6.41. The average molecular weight is 289 g/mol. The Morgan fingerprint density at radius 1 is 1.48 bits per heavy atom. The van der Waals surface area contributed by atoms with Gasteiger partial charge in [0, 0.05) is 19.2 Å². The third kappa shape index (κ3) is 3.05. The molecule has 0 spiro atoms. The van der Waals surface area contributed by atoms with Gasteiger partial charge in [0.05, 0.1) is 18.7 Å². The number of ether oxygens (including phenoxy) is 2. The zero-order valence-electron chi connectivity index (χ0n) is 11.8. The molecule has 0 aliphatic carbocycles. The fourth-order valence-electron chi connectivity index (χ4n) is 1.98. The number of rotatable bonds is 4. The third-order valence-electron chi connectivity index (χ3n) is 3.07. The van der Waals surface area contributed by atoms with Gasteiger partial charge in [-0.15, -0.1) is 0 Å². The van der Waals surface area contributed by atoms with Crippen molar-refractivity contribution < 1.29 is 19.1 Å². The van der Waals surface area contributed by atoms with Crippen molar-refractivity contribution in [1.29, 1.82) is 5.26 Å². The summed E-state index contributed by atoms with van der Waals surface area (Å²) in [6, 6.07) is 6.23. The molecule has 1 aliphatic heterocycles. The molecule has 0 aromatic heterocycles. The van der Waals surface area contributed by atoms with Crippen LogP contribution >= 0.6 is 0 Å². The number of nitrogens with zero attached hydrogens (tertiary/aromatic N) is 2. The smallest absolute Gasteiger partial charge is 0.324 e. The van der Waals surface area contributed by atoms with Crippen molar-refractivity contribution in [3.8, 4) is 17.6 Å². The summed E-state index contributed by atoms with van der Waals surface area (Å²) < 4.78 is 10.7. The van der Waals surface area contributed by atoms with Crippen LogP contribution in [0.4, 0.5) is 4.79 Å². The molecular weight excluding hydrogens is 274 g/mol. The lowest BCUT2D eigenvalue weighted by Gasteiger charge is -2.20. The summed E-state index contributed by atoms with van der Waals surface area (Å²) in [5.74, 6) is 0.285. The number of methoxy groups -OCH3 is 1. The van der Waals surface area contributed by atoms with Crippen molar-refractivity contribution in [1.82, 2.24) is 10.2 Å². The van der Waals surface area contributed by atoms with Gasteiger partial charge in [0.2, 0.25) is 0 Å². The zero-order valence-corrected chi connectivity index (χ0v) is 11.8. The van der Waals surface area contributed by atoms with Crippen LogP contribution in [0.3, 0.4) is 0 Å². The summed E-state index contributed by atoms with van der Waals surface area (Å²) in [6.07, 6.45) is -0.837. The van der Waals surface area contributed by atoms with Crippen molar-refractivity contribution in [2.75, 3.05) is 20.2 Å². The van der Waals surface area contributed by atoms with E-state index in [1.807, 2.05) is 6.07 Å². The molecule has 1 fully saturated rings. The van der Waals surface area contributed by atoms with E-state index in [9.17, 15) is 9.59 Å². The molecule has 1 aliphatic rings.